The monoisotopic (exact) mass is 276 g/mol. The van der Waals surface area contributed by atoms with Crippen LogP contribution >= 0.6 is 11.8 Å². The topological polar surface area (TPSA) is 60.9 Å². The Morgan fingerprint density at radius 2 is 2.00 bits per heavy atom. The largest absolute Gasteiger partial charge is 0.480 e. The molecule has 1 atom stereocenters. The molecule has 18 heavy (non-hydrogen) atoms. The van der Waals surface area contributed by atoms with Gasteiger partial charge in [0.2, 0.25) is 0 Å². The molecule has 0 fully saturated rings. The van der Waals surface area contributed by atoms with Gasteiger partial charge in [0.15, 0.2) is 0 Å². The van der Waals surface area contributed by atoms with E-state index in [1.807, 2.05) is 20.1 Å². The summed E-state index contributed by atoms with van der Waals surface area (Å²) in [5.41, 5.74) is 0. The number of amides is 2. The lowest BCUT2D eigenvalue weighted by atomic mass is 10.2. The summed E-state index contributed by atoms with van der Waals surface area (Å²) in [6.45, 7) is 4.16. The summed E-state index contributed by atoms with van der Waals surface area (Å²) >= 11 is 1.74. The SMILES string of the molecule is CCCN(CC(=O)O)C(=O)N(C)C(C)CCSC. The molecule has 6 heteroatoms. The highest BCUT2D eigenvalue weighted by Crippen LogP contribution is 2.09. The van der Waals surface area contributed by atoms with Crippen LogP contribution < -0.4 is 0 Å². The van der Waals surface area contributed by atoms with Gasteiger partial charge in [0.25, 0.3) is 0 Å². The number of hydrogen-bond acceptors (Lipinski definition) is 3. The lowest BCUT2D eigenvalue weighted by Crippen LogP contribution is -2.47. The smallest absolute Gasteiger partial charge is 0.323 e. The number of thioether (sulfide) groups is 1. The van der Waals surface area contributed by atoms with E-state index >= 15 is 0 Å². The van der Waals surface area contributed by atoms with Gasteiger partial charge >= 0.3 is 12.0 Å². The fourth-order valence-electron chi connectivity index (χ4n) is 1.57. The summed E-state index contributed by atoms with van der Waals surface area (Å²) in [7, 11) is 1.73. The Balaban J connectivity index is 4.48. The van der Waals surface area contributed by atoms with Crippen molar-refractivity contribution in [3.05, 3.63) is 0 Å². The zero-order chi connectivity index (χ0) is 14.1. The molecule has 1 unspecified atom stereocenters. The van der Waals surface area contributed by atoms with E-state index in [0.717, 1.165) is 18.6 Å². The molecular formula is C12H24N2O3S. The van der Waals surface area contributed by atoms with Crippen LogP contribution in [0.1, 0.15) is 26.7 Å². The third kappa shape index (κ3) is 6.14. The van der Waals surface area contributed by atoms with Crippen molar-refractivity contribution >= 4 is 23.8 Å². The first-order valence-electron chi connectivity index (χ1n) is 6.16. The summed E-state index contributed by atoms with van der Waals surface area (Å²) in [6.07, 6.45) is 3.70. The molecule has 0 aromatic rings. The molecule has 0 rings (SSSR count). The lowest BCUT2D eigenvalue weighted by Gasteiger charge is -2.31. The number of carbonyl (C=O) groups excluding carboxylic acids is 1. The van der Waals surface area contributed by atoms with Gasteiger partial charge in [0.05, 0.1) is 0 Å². The molecule has 106 valence electrons. The lowest BCUT2D eigenvalue weighted by molar-refractivity contribution is -0.137. The van der Waals surface area contributed by atoms with Crippen LogP contribution in [0.3, 0.4) is 0 Å². The van der Waals surface area contributed by atoms with Crippen LogP contribution in [0.25, 0.3) is 0 Å². The Hall–Kier alpha value is -0.910. The predicted octanol–water partition coefficient (Wildman–Crippen LogP) is 1.98. The molecule has 0 radical (unpaired) electrons. The van der Waals surface area contributed by atoms with Crippen molar-refractivity contribution < 1.29 is 14.7 Å². The maximum Gasteiger partial charge on any atom is 0.323 e. The Labute approximate surface area is 114 Å². The molecule has 1 N–H and O–H groups in total. The Kier molecular flexibility index (Phi) is 8.62. The number of urea groups is 1. The van der Waals surface area contributed by atoms with Gasteiger partial charge in [-0.1, -0.05) is 6.92 Å². The summed E-state index contributed by atoms with van der Waals surface area (Å²) in [5.74, 6) is 0.0212. The highest BCUT2D eigenvalue weighted by molar-refractivity contribution is 7.98. The van der Waals surface area contributed by atoms with E-state index in [0.29, 0.717) is 6.54 Å². The fraction of sp³-hybridized carbons (Fsp3) is 0.833. The standard InChI is InChI=1S/C12H24N2O3S/c1-5-7-14(9-11(15)16)12(17)13(3)10(2)6-8-18-4/h10H,5-9H2,1-4H3,(H,15,16). The molecule has 0 aliphatic carbocycles. The first-order chi connectivity index (χ1) is 8.43. The molecule has 0 aromatic carbocycles. The van der Waals surface area contributed by atoms with Crippen LogP contribution in [-0.4, -0.2) is 65.1 Å². The normalized spacial score (nSPS) is 12.0. The number of hydrogen-bond donors (Lipinski definition) is 1. The van der Waals surface area contributed by atoms with Gasteiger partial charge in [-0.25, -0.2) is 4.79 Å². The van der Waals surface area contributed by atoms with Crippen LogP contribution in [0.5, 0.6) is 0 Å². The van der Waals surface area contributed by atoms with Crippen LogP contribution in [0.4, 0.5) is 4.79 Å². The molecule has 0 spiro atoms. The molecule has 0 bridgehead atoms. The van der Waals surface area contributed by atoms with Crippen molar-refractivity contribution in [2.75, 3.05) is 32.1 Å². The number of aliphatic carboxylic acids is 1. The van der Waals surface area contributed by atoms with E-state index in [2.05, 4.69) is 0 Å². The van der Waals surface area contributed by atoms with Crippen LogP contribution in [0.2, 0.25) is 0 Å². The summed E-state index contributed by atoms with van der Waals surface area (Å²) in [4.78, 5) is 25.9. The molecular weight excluding hydrogens is 252 g/mol. The number of carboxylic acids is 1. The van der Waals surface area contributed by atoms with E-state index in [1.54, 1.807) is 23.7 Å². The minimum Gasteiger partial charge on any atom is -0.480 e. The molecule has 0 heterocycles. The van der Waals surface area contributed by atoms with Crippen LogP contribution in [-0.2, 0) is 4.79 Å². The van der Waals surface area contributed by atoms with Gasteiger partial charge in [-0.3, -0.25) is 4.79 Å². The molecule has 5 nitrogen and oxygen atoms in total. The number of nitrogens with zero attached hydrogens (tertiary/aromatic N) is 2. The van der Waals surface area contributed by atoms with Gasteiger partial charge in [-0.15, -0.1) is 0 Å². The minimum absolute atomic E-state index is 0.123. The maximum absolute atomic E-state index is 12.2. The van der Waals surface area contributed by atoms with Gasteiger partial charge in [-0.05, 0) is 31.8 Å². The van der Waals surface area contributed by atoms with Crippen LogP contribution in [0.15, 0.2) is 0 Å². The Bertz CT molecular complexity index is 274. The number of carboxylic acid groups (broad SMARTS) is 1. The van der Waals surface area contributed by atoms with Gasteiger partial charge < -0.3 is 14.9 Å². The summed E-state index contributed by atoms with van der Waals surface area (Å²) < 4.78 is 0. The first kappa shape index (κ1) is 17.1. The van der Waals surface area contributed by atoms with Crippen molar-refractivity contribution in [3.8, 4) is 0 Å². The van der Waals surface area contributed by atoms with Crippen molar-refractivity contribution in [2.24, 2.45) is 0 Å². The minimum atomic E-state index is -0.970. The first-order valence-corrected chi connectivity index (χ1v) is 7.55. The molecule has 0 saturated carbocycles. The van der Waals surface area contributed by atoms with Gasteiger partial charge in [0, 0.05) is 19.6 Å². The van der Waals surface area contributed by atoms with Crippen molar-refractivity contribution in [1.29, 1.82) is 0 Å². The Morgan fingerprint density at radius 3 is 2.44 bits per heavy atom. The van der Waals surface area contributed by atoms with Gasteiger partial charge in [-0.2, -0.15) is 11.8 Å². The van der Waals surface area contributed by atoms with E-state index < -0.39 is 5.97 Å². The zero-order valence-corrected chi connectivity index (χ0v) is 12.5. The third-order valence-electron chi connectivity index (χ3n) is 2.79. The van der Waals surface area contributed by atoms with Crippen LogP contribution in [0, 0.1) is 0 Å². The third-order valence-corrected chi connectivity index (χ3v) is 3.44. The quantitative estimate of drug-likeness (QED) is 0.736. The fourth-order valence-corrected chi connectivity index (χ4v) is 2.15. The van der Waals surface area contributed by atoms with Crippen molar-refractivity contribution in [1.82, 2.24) is 9.80 Å². The van der Waals surface area contributed by atoms with E-state index in [-0.39, 0.29) is 18.6 Å². The second kappa shape index (κ2) is 9.08. The van der Waals surface area contributed by atoms with Crippen molar-refractivity contribution in [2.45, 2.75) is 32.7 Å². The van der Waals surface area contributed by atoms with Crippen molar-refractivity contribution in [3.63, 3.8) is 0 Å². The molecule has 0 saturated heterocycles. The average Bonchev–Trinajstić information content (AvgIpc) is 2.33. The summed E-state index contributed by atoms with van der Waals surface area (Å²) in [6, 6.07) is -0.0778. The second-order valence-electron chi connectivity index (χ2n) is 4.34. The number of rotatable bonds is 8. The van der Waals surface area contributed by atoms with E-state index in [4.69, 9.17) is 5.11 Å². The highest BCUT2D eigenvalue weighted by atomic mass is 32.2. The zero-order valence-electron chi connectivity index (χ0n) is 11.7. The summed E-state index contributed by atoms with van der Waals surface area (Å²) in [5, 5.41) is 8.81. The highest BCUT2D eigenvalue weighted by Gasteiger charge is 2.22. The molecule has 2 amide bonds. The van der Waals surface area contributed by atoms with E-state index in [9.17, 15) is 9.59 Å². The molecule has 0 aliphatic rings. The molecule has 0 aliphatic heterocycles. The predicted molar refractivity (Wildman–Crippen MR) is 75.1 cm³/mol. The maximum atomic E-state index is 12.2. The second-order valence-corrected chi connectivity index (χ2v) is 5.32. The Morgan fingerprint density at radius 1 is 1.39 bits per heavy atom. The number of carbonyl (C=O) groups is 2. The average molecular weight is 276 g/mol. The van der Waals surface area contributed by atoms with E-state index in [1.165, 1.54) is 4.90 Å². The molecule has 0 aromatic heterocycles. The van der Waals surface area contributed by atoms with Gasteiger partial charge in [0.1, 0.15) is 6.54 Å².